The molecule has 114 valence electrons. The van der Waals surface area contributed by atoms with Gasteiger partial charge in [0, 0.05) is 6.42 Å². The molecule has 1 amide bonds. The Labute approximate surface area is 116 Å². The molecule has 0 aromatic rings. The summed E-state index contributed by atoms with van der Waals surface area (Å²) in [4.78, 5) is 11.3. The molecule has 1 rings (SSSR count). The molecule has 1 fully saturated rings. The Kier molecular flexibility index (Phi) is 8.36. The van der Waals surface area contributed by atoms with Crippen LogP contribution < -0.4 is 10.6 Å². The van der Waals surface area contributed by atoms with E-state index in [-0.39, 0.29) is 18.8 Å². The Bertz CT molecular complexity index is 271. The van der Waals surface area contributed by atoms with Crippen molar-refractivity contribution < 1.29 is 23.1 Å². The van der Waals surface area contributed by atoms with E-state index >= 15 is 0 Å². The van der Waals surface area contributed by atoms with E-state index in [0.717, 1.165) is 25.9 Å². The van der Waals surface area contributed by atoms with Crippen LogP contribution in [0.1, 0.15) is 25.7 Å². The average molecular weight is 305 g/mol. The first-order valence-electron chi connectivity index (χ1n) is 6.12. The number of carbonyl (C=O) groups is 1. The molecular formula is C11H20ClF3N2O2. The van der Waals surface area contributed by atoms with Gasteiger partial charge in [-0.05, 0) is 38.3 Å². The number of halogens is 4. The number of hydrogen-bond acceptors (Lipinski definition) is 3. The summed E-state index contributed by atoms with van der Waals surface area (Å²) in [5.41, 5.74) is 0. The maximum absolute atomic E-state index is 12.0. The second-order valence-electron chi connectivity index (χ2n) is 4.59. The third-order valence-electron chi connectivity index (χ3n) is 3.11. The predicted octanol–water partition coefficient (Wildman–Crippen LogP) is 1.23. The van der Waals surface area contributed by atoms with E-state index < -0.39 is 24.7 Å². The molecule has 1 aliphatic rings. The van der Waals surface area contributed by atoms with Gasteiger partial charge < -0.3 is 15.7 Å². The summed E-state index contributed by atoms with van der Waals surface area (Å²) in [6.07, 6.45) is -4.26. The number of alkyl halides is 3. The van der Waals surface area contributed by atoms with Crippen molar-refractivity contribution in [2.75, 3.05) is 19.6 Å². The zero-order chi connectivity index (χ0) is 13.6. The van der Waals surface area contributed by atoms with Crippen LogP contribution in [0.5, 0.6) is 0 Å². The number of rotatable bonds is 5. The summed E-state index contributed by atoms with van der Waals surface area (Å²) in [5, 5.41) is 14.0. The second kappa shape index (κ2) is 8.60. The SMILES string of the molecule is Cl.O=C(CCC1CCNCC1)NCC(O)C(F)(F)F. The lowest BCUT2D eigenvalue weighted by Gasteiger charge is -2.22. The van der Waals surface area contributed by atoms with Gasteiger partial charge in [-0.15, -0.1) is 12.4 Å². The van der Waals surface area contributed by atoms with Crippen LogP contribution in [-0.4, -0.2) is 42.9 Å². The van der Waals surface area contributed by atoms with E-state index in [1.54, 1.807) is 0 Å². The Morgan fingerprint density at radius 1 is 1.37 bits per heavy atom. The maximum atomic E-state index is 12.0. The second-order valence-corrected chi connectivity index (χ2v) is 4.59. The third-order valence-corrected chi connectivity index (χ3v) is 3.11. The van der Waals surface area contributed by atoms with Crippen molar-refractivity contribution in [3.8, 4) is 0 Å². The molecule has 8 heteroatoms. The number of aliphatic hydroxyl groups is 1. The van der Waals surface area contributed by atoms with Gasteiger partial charge in [0.05, 0.1) is 6.54 Å². The Morgan fingerprint density at radius 3 is 2.47 bits per heavy atom. The highest BCUT2D eigenvalue weighted by Gasteiger charge is 2.38. The molecule has 0 aromatic carbocycles. The molecular weight excluding hydrogens is 285 g/mol. The first kappa shape index (κ1) is 18.5. The van der Waals surface area contributed by atoms with Crippen molar-refractivity contribution in [2.45, 2.75) is 38.0 Å². The monoisotopic (exact) mass is 304 g/mol. The zero-order valence-electron chi connectivity index (χ0n) is 10.5. The Morgan fingerprint density at radius 2 is 1.95 bits per heavy atom. The topological polar surface area (TPSA) is 61.4 Å². The lowest BCUT2D eigenvalue weighted by molar-refractivity contribution is -0.201. The molecule has 0 bridgehead atoms. The number of nitrogens with one attached hydrogen (secondary N) is 2. The highest BCUT2D eigenvalue weighted by molar-refractivity contribution is 5.85. The zero-order valence-corrected chi connectivity index (χ0v) is 11.3. The molecule has 1 unspecified atom stereocenters. The molecule has 0 aromatic heterocycles. The normalized spacial score (nSPS) is 18.5. The predicted molar refractivity (Wildman–Crippen MR) is 67.1 cm³/mol. The highest BCUT2D eigenvalue weighted by Crippen LogP contribution is 2.20. The van der Waals surface area contributed by atoms with E-state index in [2.05, 4.69) is 10.6 Å². The van der Waals surface area contributed by atoms with Gasteiger partial charge in [-0.25, -0.2) is 0 Å². The van der Waals surface area contributed by atoms with E-state index in [9.17, 15) is 18.0 Å². The van der Waals surface area contributed by atoms with Gasteiger partial charge in [-0.1, -0.05) is 0 Å². The largest absolute Gasteiger partial charge is 0.416 e. The van der Waals surface area contributed by atoms with E-state index in [1.165, 1.54) is 0 Å². The van der Waals surface area contributed by atoms with Gasteiger partial charge in [0.15, 0.2) is 6.10 Å². The lowest BCUT2D eigenvalue weighted by Crippen LogP contribution is -2.40. The molecule has 0 radical (unpaired) electrons. The van der Waals surface area contributed by atoms with Crippen LogP contribution in [0.3, 0.4) is 0 Å². The van der Waals surface area contributed by atoms with Crippen molar-refractivity contribution in [2.24, 2.45) is 5.92 Å². The fourth-order valence-corrected chi connectivity index (χ4v) is 1.92. The molecule has 4 nitrogen and oxygen atoms in total. The fraction of sp³-hybridized carbons (Fsp3) is 0.909. The highest BCUT2D eigenvalue weighted by atomic mass is 35.5. The smallest absolute Gasteiger partial charge is 0.382 e. The Hall–Kier alpha value is -0.530. The molecule has 3 N–H and O–H groups in total. The molecule has 1 heterocycles. The summed E-state index contributed by atoms with van der Waals surface area (Å²) in [6, 6.07) is 0. The standard InChI is InChI=1S/C11H19F3N2O2.ClH/c12-11(13,14)9(17)7-16-10(18)2-1-8-3-5-15-6-4-8;/h8-9,15,17H,1-7H2,(H,16,18);1H. The van der Waals surface area contributed by atoms with Crippen LogP contribution in [0.25, 0.3) is 0 Å². The first-order chi connectivity index (χ1) is 8.39. The van der Waals surface area contributed by atoms with Crippen LogP contribution in [0.2, 0.25) is 0 Å². The number of carbonyl (C=O) groups excluding carboxylic acids is 1. The number of piperidine rings is 1. The molecule has 1 saturated heterocycles. The van der Waals surface area contributed by atoms with Crippen molar-refractivity contribution in [3.63, 3.8) is 0 Å². The van der Waals surface area contributed by atoms with Crippen molar-refractivity contribution >= 4 is 18.3 Å². The summed E-state index contributed by atoms with van der Waals surface area (Å²) >= 11 is 0. The van der Waals surface area contributed by atoms with Crippen LogP contribution in [0, 0.1) is 5.92 Å². The van der Waals surface area contributed by atoms with Gasteiger partial charge in [-0.3, -0.25) is 4.79 Å². The van der Waals surface area contributed by atoms with Gasteiger partial charge >= 0.3 is 6.18 Å². The Balaban J connectivity index is 0.00000324. The molecule has 1 aliphatic heterocycles. The fourth-order valence-electron chi connectivity index (χ4n) is 1.92. The molecule has 0 saturated carbocycles. The van der Waals surface area contributed by atoms with Crippen LogP contribution in [0.4, 0.5) is 13.2 Å². The minimum Gasteiger partial charge on any atom is -0.382 e. The quantitative estimate of drug-likeness (QED) is 0.716. The van der Waals surface area contributed by atoms with Crippen molar-refractivity contribution in [1.29, 1.82) is 0 Å². The van der Waals surface area contributed by atoms with Gasteiger partial charge in [0.25, 0.3) is 0 Å². The number of hydrogen-bond donors (Lipinski definition) is 3. The van der Waals surface area contributed by atoms with Crippen molar-refractivity contribution in [3.05, 3.63) is 0 Å². The summed E-state index contributed by atoms with van der Waals surface area (Å²) in [6.45, 7) is 1.09. The van der Waals surface area contributed by atoms with Crippen LogP contribution >= 0.6 is 12.4 Å². The van der Waals surface area contributed by atoms with E-state index in [4.69, 9.17) is 5.11 Å². The molecule has 0 aliphatic carbocycles. The van der Waals surface area contributed by atoms with Crippen molar-refractivity contribution in [1.82, 2.24) is 10.6 Å². The summed E-state index contributed by atoms with van der Waals surface area (Å²) in [7, 11) is 0. The summed E-state index contributed by atoms with van der Waals surface area (Å²) in [5.74, 6) is 0.0290. The lowest BCUT2D eigenvalue weighted by atomic mass is 9.93. The van der Waals surface area contributed by atoms with E-state index in [1.807, 2.05) is 0 Å². The first-order valence-corrected chi connectivity index (χ1v) is 6.12. The number of amides is 1. The van der Waals surface area contributed by atoms with Gasteiger partial charge in [0.1, 0.15) is 0 Å². The average Bonchev–Trinajstić information content (AvgIpc) is 2.33. The van der Waals surface area contributed by atoms with Crippen LogP contribution in [0.15, 0.2) is 0 Å². The molecule has 0 spiro atoms. The minimum atomic E-state index is -4.68. The summed E-state index contributed by atoms with van der Waals surface area (Å²) < 4.78 is 35.9. The van der Waals surface area contributed by atoms with Gasteiger partial charge in [0.2, 0.25) is 5.91 Å². The van der Waals surface area contributed by atoms with E-state index in [0.29, 0.717) is 12.3 Å². The third kappa shape index (κ3) is 7.59. The van der Waals surface area contributed by atoms with Crippen LogP contribution in [-0.2, 0) is 4.79 Å². The minimum absolute atomic E-state index is 0. The molecule has 1 atom stereocenters. The molecule has 19 heavy (non-hydrogen) atoms. The maximum Gasteiger partial charge on any atom is 0.416 e. The van der Waals surface area contributed by atoms with Gasteiger partial charge in [-0.2, -0.15) is 13.2 Å². The number of aliphatic hydroxyl groups excluding tert-OH is 1.